The van der Waals surface area contributed by atoms with Crippen molar-refractivity contribution in [2.45, 2.75) is 0 Å². The van der Waals surface area contributed by atoms with E-state index in [9.17, 15) is 4.79 Å². The maximum Gasteiger partial charge on any atom is 0.170 e. The first-order chi connectivity index (χ1) is 4.74. The van der Waals surface area contributed by atoms with E-state index in [4.69, 9.17) is 16.8 Å². The second-order valence-corrected chi connectivity index (χ2v) is 2.09. The van der Waals surface area contributed by atoms with Gasteiger partial charge in [-0.1, -0.05) is 11.6 Å². The van der Waals surface area contributed by atoms with Crippen LogP contribution in [0, 0.1) is 0 Å². The van der Waals surface area contributed by atoms with Crippen molar-refractivity contribution in [1.82, 2.24) is 10.6 Å². The van der Waals surface area contributed by atoms with Gasteiger partial charge in [0.15, 0.2) is 6.29 Å². The first-order valence-electron chi connectivity index (χ1n) is 2.52. The Bertz CT molecular complexity index is 212. The lowest BCUT2D eigenvalue weighted by atomic mass is 10.4. The van der Waals surface area contributed by atoms with Crippen LogP contribution < -0.4 is 5.43 Å². The Morgan fingerprint density at radius 2 is 2.50 bits per heavy atom. The third kappa shape index (κ3) is 1.29. The molecule has 0 aliphatic carbocycles. The minimum absolute atomic E-state index is 0.0764. The molecule has 0 unspecified atom stereocenters. The summed E-state index contributed by atoms with van der Waals surface area (Å²) in [6, 6.07) is 0. The predicted molar refractivity (Wildman–Crippen MR) is 34.8 cm³/mol. The van der Waals surface area contributed by atoms with Crippen molar-refractivity contribution in [3.05, 3.63) is 23.0 Å². The van der Waals surface area contributed by atoms with E-state index < -0.39 is 0 Å². The molecule has 5 heteroatoms. The molecule has 0 aromatic rings. The summed E-state index contributed by atoms with van der Waals surface area (Å²) in [5, 5.41) is 9.76. The highest BCUT2D eigenvalue weighted by Gasteiger charge is 2.08. The van der Waals surface area contributed by atoms with Crippen molar-refractivity contribution in [1.29, 1.82) is 0 Å². The number of hydroxylamine groups is 1. The second kappa shape index (κ2) is 2.72. The summed E-state index contributed by atoms with van der Waals surface area (Å²) in [5.41, 5.74) is 2.40. The second-order valence-electron chi connectivity index (χ2n) is 1.66. The molecule has 10 heavy (non-hydrogen) atoms. The molecule has 0 spiro atoms. The van der Waals surface area contributed by atoms with Crippen LogP contribution in [-0.4, -0.2) is 16.7 Å². The molecule has 1 heterocycles. The lowest BCUT2D eigenvalue weighted by Gasteiger charge is -2.18. The first kappa shape index (κ1) is 7.11. The predicted octanol–water partition coefficient (Wildman–Crippen LogP) is 0.359. The van der Waals surface area contributed by atoms with E-state index in [1.807, 2.05) is 0 Å². The molecular weight excluding hydrogens is 156 g/mol. The lowest BCUT2D eigenvalue weighted by Crippen LogP contribution is -2.32. The van der Waals surface area contributed by atoms with Gasteiger partial charge in [-0.05, 0) is 6.08 Å². The summed E-state index contributed by atoms with van der Waals surface area (Å²) in [5.74, 6) is 0. The fraction of sp³-hybridized carbons (Fsp3) is 0. The fourth-order valence-electron chi connectivity index (χ4n) is 0.525. The lowest BCUT2D eigenvalue weighted by molar-refractivity contribution is -0.121. The molecule has 0 radical (unpaired) electrons. The molecule has 0 fully saturated rings. The Hall–Kier alpha value is -1.00. The number of nitrogens with zero attached hydrogens (tertiary/aromatic N) is 1. The number of allylic oxidation sites excluding steroid dienone is 3. The van der Waals surface area contributed by atoms with Gasteiger partial charge in [0.2, 0.25) is 0 Å². The van der Waals surface area contributed by atoms with Gasteiger partial charge in [0.25, 0.3) is 0 Å². The van der Waals surface area contributed by atoms with Crippen molar-refractivity contribution >= 4 is 17.9 Å². The Morgan fingerprint density at radius 1 is 1.80 bits per heavy atom. The van der Waals surface area contributed by atoms with E-state index in [0.29, 0.717) is 16.5 Å². The standard InChI is InChI=1S/C5H5ClN2O2/c6-4-1-5(3-9)8(10)7-2-4/h1-3,7,10H. The zero-order chi connectivity index (χ0) is 7.56. The first-order valence-corrected chi connectivity index (χ1v) is 2.89. The average molecular weight is 161 g/mol. The minimum atomic E-state index is 0.0764. The van der Waals surface area contributed by atoms with E-state index in [1.54, 1.807) is 0 Å². The van der Waals surface area contributed by atoms with Crippen molar-refractivity contribution in [2.24, 2.45) is 0 Å². The highest BCUT2D eigenvalue weighted by Crippen LogP contribution is 2.10. The molecule has 0 saturated heterocycles. The molecule has 1 rings (SSSR count). The third-order valence-electron chi connectivity index (χ3n) is 0.976. The third-order valence-corrected chi connectivity index (χ3v) is 1.19. The summed E-state index contributed by atoms with van der Waals surface area (Å²) in [6.45, 7) is 0. The molecule has 0 amide bonds. The van der Waals surface area contributed by atoms with E-state index >= 15 is 0 Å². The van der Waals surface area contributed by atoms with E-state index in [0.717, 1.165) is 0 Å². The van der Waals surface area contributed by atoms with Gasteiger partial charge in [0, 0.05) is 6.20 Å². The van der Waals surface area contributed by atoms with Gasteiger partial charge in [0.1, 0.15) is 5.70 Å². The minimum Gasteiger partial charge on any atom is -0.296 e. The highest BCUT2D eigenvalue weighted by atomic mass is 35.5. The number of hydrazine groups is 1. The van der Waals surface area contributed by atoms with E-state index in [2.05, 4.69) is 5.43 Å². The smallest absolute Gasteiger partial charge is 0.170 e. The maximum absolute atomic E-state index is 10.1. The van der Waals surface area contributed by atoms with E-state index in [1.165, 1.54) is 12.3 Å². The van der Waals surface area contributed by atoms with Crippen LogP contribution >= 0.6 is 11.6 Å². The Morgan fingerprint density at radius 3 is 3.00 bits per heavy atom. The van der Waals surface area contributed by atoms with Crippen LogP contribution in [0.3, 0.4) is 0 Å². The van der Waals surface area contributed by atoms with Crippen LogP contribution in [0.4, 0.5) is 0 Å². The van der Waals surface area contributed by atoms with Gasteiger partial charge in [-0.25, -0.2) is 0 Å². The molecule has 0 bridgehead atoms. The zero-order valence-electron chi connectivity index (χ0n) is 4.91. The molecule has 0 aromatic heterocycles. The average Bonchev–Trinajstić information content (AvgIpc) is 1.94. The summed E-state index contributed by atoms with van der Waals surface area (Å²) >= 11 is 5.48. The summed E-state index contributed by atoms with van der Waals surface area (Å²) < 4.78 is 0. The van der Waals surface area contributed by atoms with Gasteiger partial charge in [0.05, 0.1) is 5.03 Å². The van der Waals surface area contributed by atoms with Crippen molar-refractivity contribution in [3.63, 3.8) is 0 Å². The van der Waals surface area contributed by atoms with Crippen molar-refractivity contribution in [2.75, 3.05) is 0 Å². The Balaban J connectivity index is 2.83. The molecule has 0 aromatic carbocycles. The van der Waals surface area contributed by atoms with Crippen LogP contribution in [0.25, 0.3) is 0 Å². The maximum atomic E-state index is 10.1. The number of hydrogen-bond acceptors (Lipinski definition) is 4. The monoisotopic (exact) mass is 160 g/mol. The topological polar surface area (TPSA) is 52.6 Å². The molecular formula is C5H5ClN2O2. The highest BCUT2D eigenvalue weighted by molar-refractivity contribution is 6.31. The van der Waals surface area contributed by atoms with Crippen LogP contribution in [-0.2, 0) is 4.79 Å². The summed E-state index contributed by atoms with van der Waals surface area (Å²) in [7, 11) is 0. The number of carbonyl (C=O) groups excluding carboxylic acids is 1. The normalized spacial score (nSPS) is 17.2. The largest absolute Gasteiger partial charge is 0.296 e. The van der Waals surface area contributed by atoms with Gasteiger partial charge in [-0.15, -0.1) is 0 Å². The molecule has 0 saturated carbocycles. The molecule has 2 N–H and O–H groups in total. The zero-order valence-corrected chi connectivity index (χ0v) is 5.67. The number of aldehydes is 1. The van der Waals surface area contributed by atoms with E-state index in [-0.39, 0.29) is 5.70 Å². The molecule has 4 nitrogen and oxygen atoms in total. The number of rotatable bonds is 1. The Kier molecular flexibility index (Phi) is 1.94. The number of hydrogen-bond donors (Lipinski definition) is 2. The quantitative estimate of drug-likeness (QED) is 0.544. The summed E-state index contributed by atoms with van der Waals surface area (Å²) in [6.07, 6.45) is 3.18. The van der Waals surface area contributed by atoms with Crippen molar-refractivity contribution in [3.8, 4) is 0 Å². The van der Waals surface area contributed by atoms with Gasteiger partial charge in [-0.2, -0.15) is 5.17 Å². The molecule has 54 valence electrons. The van der Waals surface area contributed by atoms with Gasteiger partial charge >= 0.3 is 0 Å². The van der Waals surface area contributed by atoms with Crippen LogP contribution in [0.1, 0.15) is 0 Å². The van der Waals surface area contributed by atoms with Crippen molar-refractivity contribution < 1.29 is 10.0 Å². The van der Waals surface area contributed by atoms with Gasteiger partial charge < -0.3 is 0 Å². The van der Waals surface area contributed by atoms with Gasteiger partial charge in [-0.3, -0.25) is 15.4 Å². The molecule has 1 aliphatic heterocycles. The fourth-order valence-corrected chi connectivity index (χ4v) is 0.686. The number of halogens is 1. The van der Waals surface area contributed by atoms with Crippen LogP contribution in [0.15, 0.2) is 23.0 Å². The number of nitrogens with one attached hydrogen (secondary N) is 1. The Labute approximate surface area is 62.3 Å². The van der Waals surface area contributed by atoms with Crippen LogP contribution in [0.2, 0.25) is 0 Å². The molecule has 0 atom stereocenters. The summed E-state index contributed by atoms with van der Waals surface area (Å²) in [4.78, 5) is 10.1. The molecule has 1 aliphatic rings. The van der Waals surface area contributed by atoms with Crippen LogP contribution in [0.5, 0.6) is 0 Å². The number of carbonyl (C=O) groups is 1. The SMILES string of the molecule is O=CC1=CC(Cl)=CNN1O.